The first kappa shape index (κ1) is 18.5. The highest BCUT2D eigenvalue weighted by Crippen LogP contribution is 2.24. The third-order valence-electron chi connectivity index (χ3n) is 5.32. The van der Waals surface area contributed by atoms with Crippen LogP contribution in [0.1, 0.15) is 44.1 Å². The Bertz CT molecular complexity index is 956. The molecular weight excluding hydrogens is 332 g/mol. The molecule has 1 aliphatic rings. The maximum atomic E-state index is 13.3. The SMILES string of the molecule is CCCn1c(C(=O)N2C[C@H](C)C[C@@H](C)C2)cc2c(=O)n(C)c(=O)n(C)c21. The zero-order valence-corrected chi connectivity index (χ0v) is 16.3. The van der Waals surface area contributed by atoms with Crippen LogP contribution < -0.4 is 11.2 Å². The lowest BCUT2D eigenvalue weighted by molar-refractivity contribution is 0.0612. The van der Waals surface area contributed by atoms with E-state index in [1.165, 1.54) is 11.6 Å². The van der Waals surface area contributed by atoms with E-state index in [0.717, 1.165) is 30.5 Å². The van der Waals surface area contributed by atoms with Gasteiger partial charge < -0.3 is 9.47 Å². The number of likely N-dealkylation sites (tertiary alicyclic amines) is 1. The van der Waals surface area contributed by atoms with E-state index in [2.05, 4.69) is 13.8 Å². The summed E-state index contributed by atoms with van der Waals surface area (Å²) in [6.45, 7) is 8.39. The lowest BCUT2D eigenvalue weighted by Gasteiger charge is -2.35. The molecule has 0 unspecified atom stereocenters. The van der Waals surface area contributed by atoms with E-state index < -0.39 is 0 Å². The van der Waals surface area contributed by atoms with Gasteiger partial charge in [0.1, 0.15) is 11.3 Å². The molecule has 0 spiro atoms. The van der Waals surface area contributed by atoms with Gasteiger partial charge in [-0.2, -0.15) is 0 Å². The van der Waals surface area contributed by atoms with Crippen molar-refractivity contribution in [2.24, 2.45) is 25.9 Å². The minimum atomic E-state index is -0.378. The third kappa shape index (κ3) is 2.89. The standard InChI is InChI=1S/C19H28N4O3/c1-6-7-23-15(18(25)22-10-12(2)8-13(3)11-22)9-14-16(23)20(4)19(26)21(5)17(14)24/h9,12-13H,6-8,10-11H2,1-5H3/t12-,13-/m1/s1. The quantitative estimate of drug-likeness (QED) is 0.834. The van der Waals surface area contributed by atoms with Crippen LogP contribution >= 0.6 is 0 Å². The number of fused-ring (bicyclic) bond motifs is 1. The van der Waals surface area contributed by atoms with Crippen molar-refractivity contribution in [2.45, 2.75) is 40.2 Å². The van der Waals surface area contributed by atoms with Crippen LogP contribution in [0.4, 0.5) is 0 Å². The maximum absolute atomic E-state index is 13.3. The van der Waals surface area contributed by atoms with Gasteiger partial charge in [0.25, 0.3) is 11.5 Å². The highest BCUT2D eigenvalue weighted by molar-refractivity contribution is 5.98. The Morgan fingerprint density at radius 1 is 1.12 bits per heavy atom. The predicted molar refractivity (Wildman–Crippen MR) is 102 cm³/mol. The van der Waals surface area contributed by atoms with Gasteiger partial charge in [0.2, 0.25) is 0 Å². The van der Waals surface area contributed by atoms with E-state index in [4.69, 9.17) is 0 Å². The number of nitrogens with zero attached hydrogens (tertiary/aromatic N) is 4. The Kier molecular flexibility index (Phi) is 4.82. The summed E-state index contributed by atoms with van der Waals surface area (Å²) >= 11 is 0. The van der Waals surface area contributed by atoms with Crippen LogP contribution in [0.3, 0.4) is 0 Å². The molecule has 0 aliphatic carbocycles. The summed E-state index contributed by atoms with van der Waals surface area (Å²) in [5.74, 6) is 0.871. The molecule has 1 saturated heterocycles. The molecule has 2 atom stereocenters. The van der Waals surface area contributed by atoms with Gasteiger partial charge in [-0.25, -0.2) is 4.79 Å². The molecule has 1 fully saturated rings. The van der Waals surface area contributed by atoms with Gasteiger partial charge in [-0.05, 0) is 30.7 Å². The second kappa shape index (κ2) is 6.78. The number of piperidine rings is 1. The maximum Gasteiger partial charge on any atom is 0.332 e. The van der Waals surface area contributed by atoms with Crippen molar-refractivity contribution in [2.75, 3.05) is 13.1 Å². The number of hydrogen-bond donors (Lipinski definition) is 0. The van der Waals surface area contributed by atoms with E-state index in [9.17, 15) is 14.4 Å². The Hall–Kier alpha value is -2.31. The van der Waals surface area contributed by atoms with E-state index in [-0.39, 0.29) is 17.2 Å². The normalized spacial score (nSPS) is 20.7. The minimum absolute atomic E-state index is 0.0532. The predicted octanol–water partition coefficient (Wildman–Crippen LogP) is 1.57. The molecule has 2 aromatic rings. The summed E-state index contributed by atoms with van der Waals surface area (Å²) < 4.78 is 4.40. The molecule has 0 bridgehead atoms. The first-order valence-electron chi connectivity index (χ1n) is 9.34. The average Bonchev–Trinajstić information content (AvgIpc) is 2.96. The lowest BCUT2D eigenvalue weighted by Crippen LogP contribution is -2.43. The van der Waals surface area contributed by atoms with Gasteiger partial charge in [0.05, 0.1) is 5.39 Å². The first-order chi connectivity index (χ1) is 12.3. The monoisotopic (exact) mass is 360 g/mol. The van der Waals surface area contributed by atoms with Crippen molar-refractivity contribution in [1.29, 1.82) is 0 Å². The number of carbonyl (C=O) groups excluding carboxylic acids is 1. The molecule has 0 saturated carbocycles. The molecule has 26 heavy (non-hydrogen) atoms. The van der Waals surface area contributed by atoms with Crippen LogP contribution in [0, 0.1) is 11.8 Å². The van der Waals surface area contributed by atoms with Gasteiger partial charge in [0.15, 0.2) is 0 Å². The number of aromatic nitrogens is 3. The number of carbonyl (C=O) groups is 1. The molecule has 3 heterocycles. The second-order valence-electron chi connectivity index (χ2n) is 7.78. The Morgan fingerprint density at radius 3 is 2.31 bits per heavy atom. The second-order valence-corrected chi connectivity index (χ2v) is 7.78. The van der Waals surface area contributed by atoms with Crippen molar-refractivity contribution in [3.63, 3.8) is 0 Å². The fourth-order valence-corrected chi connectivity index (χ4v) is 4.26. The zero-order chi connectivity index (χ0) is 19.2. The summed E-state index contributed by atoms with van der Waals surface area (Å²) in [4.78, 5) is 40.1. The minimum Gasteiger partial charge on any atom is -0.337 e. The summed E-state index contributed by atoms with van der Waals surface area (Å²) in [5.41, 5.74) is 0.299. The van der Waals surface area contributed by atoms with Gasteiger partial charge in [-0.3, -0.25) is 18.7 Å². The molecule has 3 rings (SSSR count). The number of amides is 1. The van der Waals surface area contributed by atoms with Gasteiger partial charge in [-0.1, -0.05) is 20.8 Å². The highest BCUT2D eigenvalue weighted by atomic mass is 16.2. The fraction of sp³-hybridized carbons (Fsp3) is 0.632. The number of aryl methyl sites for hydroxylation is 2. The highest BCUT2D eigenvalue weighted by Gasteiger charge is 2.29. The van der Waals surface area contributed by atoms with E-state index in [1.54, 1.807) is 13.1 Å². The smallest absolute Gasteiger partial charge is 0.332 e. The molecule has 7 nitrogen and oxygen atoms in total. The molecular formula is C19H28N4O3. The molecule has 0 radical (unpaired) electrons. The molecule has 142 valence electrons. The molecule has 2 aromatic heterocycles. The van der Waals surface area contributed by atoms with Crippen LogP contribution in [-0.2, 0) is 20.6 Å². The van der Waals surface area contributed by atoms with E-state index >= 15 is 0 Å². The Morgan fingerprint density at radius 2 is 1.73 bits per heavy atom. The largest absolute Gasteiger partial charge is 0.337 e. The Labute approximate surface area is 152 Å². The topological polar surface area (TPSA) is 69.2 Å². The van der Waals surface area contributed by atoms with E-state index in [0.29, 0.717) is 35.1 Å². The molecule has 1 amide bonds. The summed E-state index contributed by atoms with van der Waals surface area (Å²) in [7, 11) is 3.12. The average molecular weight is 360 g/mol. The van der Waals surface area contributed by atoms with Crippen LogP contribution in [0.15, 0.2) is 15.7 Å². The zero-order valence-electron chi connectivity index (χ0n) is 16.3. The van der Waals surface area contributed by atoms with Gasteiger partial charge in [0, 0.05) is 33.7 Å². The molecule has 7 heteroatoms. The summed E-state index contributed by atoms with van der Waals surface area (Å²) in [6, 6.07) is 1.67. The first-order valence-corrected chi connectivity index (χ1v) is 9.34. The Balaban J connectivity index is 2.20. The van der Waals surface area contributed by atoms with Crippen molar-refractivity contribution < 1.29 is 4.79 Å². The summed E-state index contributed by atoms with van der Waals surface area (Å²) in [6.07, 6.45) is 1.93. The van der Waals surface area contributed by atoms with Crippen molar-refractivity contribution in [3.05, 3.63) is 32.6 Å². The van der Waals surface area contributed by atoms with Crippen LogP contribution in [-0.4, -0.2) is 37.6 Å². The van der Waals surface area contributed by atoms with Gasteiger partial charge in [-0.15, -0.1) is 0 Å². The van der Waals surface area contributed by atoms with Gasteiger partial charge >= 0.3 is 5.69 Å². The third-order valence-corrected chi connectivity index (χ3v) is 5.32. The molecule has 1 aliphatic heterocycles. The van der Waals surface area contributed by atoms with Crippen LogP contribution in [0.5, 0.6) is 0 Å². The van der Waals surface area contributed by atoms with E-state index in [1.807, 2.05) is 16.4 Å². The van der Waals surface area contributed by atoms with Crippen molar-refractivity contribution >= 4 is 16.9 Å². The van der Waals surface area contributed by atoms with Crippen LogP contribution in [0.2, 0.25) is 0 Å². The van der Waals surface area contributed by atoms with Crippen LogP contribution in [0.25, 0.3) is 11.0 Å². The lowest BCUT2D eigenvalue weighted by atomic mass is 9.92. The molecule has 0 N–H and O–H groups in total. The number of hydrogen-bond acceptors (Lipinski definition) is 3. The summed E-state index contributed by atoms with van der Waals surface area (Å²) in [5, 5.41) is 0.421. The molecule has 0 aromatic carbocycles. The fourth-order valence-electron chi connectivity index (χ4n) is 4.26. The number of rotatable bonds is 3. The van der Waals surface area contributed by atoms with Crippen molar-refractivity contribution in [1.82, 2.24) is 18.6 Å². The van der Waals surface area contributed by atoms with Crippen molar-refractivity contribution in [3.8, 4) is 0 Å².